The summed E-state index contributed by atoms with van der Waals surface area (Å²) in [5.74, 6) is 0.824. The maximum atomic E-state index is 11.1. The van der Waals surface area contributed by atoms with E-state index in [0.717, 1.165) is 49.2 Å². The third-order valence-corrected chi connectivity index (χ3v) is 4.17. The Hall–Kier alpha value is -1.06. The number of nitrogens with zero attached hydrogens (tertiary/aromatic N) is 1. The van der Waals surface area contributed by atoms with Crippen LogP contribution in [0.5, 0.6) is 5.75 Å². The lowest BCUT2D eigenvalue weighted by Gasteiger charge is -2.30. The van der Waals surface area contributed by atoms with E-state index in [1.807, 2.05) is 6.07 Å². The van der Waals surface area contributed by atoms with Crippen LogP contribution in [0.3, 0.4) is 0 Å². The first-order valence-electron chi connectivity index (χ1n) is 7.03. The predicted octanol–water partition coefficient (Wildman–Crippen LogP) is 2.62. The molecule has 1 aromatic rings. The third kappa shape index (κ3) is 2.93. The number of hydrogen-bond donors (Lipinski definition) is 1. The molecule has 3 heteroatoms. The van der Waals surface area contributed by atoms with E-state index in [2.05, 4.69) is 31.9 Å². The van der Waals surface area contributed by atoms with Gasteiger partial charge in [0.1, 0.15) is 5.75 Å². The Balaban J connectivity index is 2.44. The molecule has 1 heterocycles. The van der Waals surface area contributed by atoms with Gasteiger partial charge in [-0.15, -0.1) is 0 Å². The van der Waals surface area contributed by atoms with Crippen LogP contribution in [0.2, 0.25) is 0 Å². The van der Waals surface area contributed by atoms with Crippen LogP contribution in [-0.2, 0) is 5.60 Å². The fourth-order valence-electron chi connectivity index (χ4n) is 3.19. The second kappa shape index (κ2) is 5.51. The Labute approximate surface area is 116 Å². The fourth-order valence-corrected chi connectivity index (χ4v) is 3.19. The average molecular weight is 263 g/mol. The van der Waals surface area contributed by atoms with Crippen molar-refractivity contribution in [1.82, 2.24) is 4.90 Å². The summed E-state index contributed by atoms with van der Waals surface area (Å²) in [6, 6.07) is 4.15. The molecule has 0 saturated carbocycles. The van der Waals surface area contributed by atoms with Crippen molar-refractivity contribution in [2.45, 2.75) is 38.7 Å². The average Bonchev–Trinajstić information content (AvgIpc) is 2.51. The Morgan fingerprint density at radius 2 is 1.95 bits per heavy atom. The summed E-state index contributed by atoms with van der Waals surface area (Å²) >= 11 is 0. The molecule has 0 aliphatic carbocycles. The maximum Gasteiger partial charge on any atom is 0.125 e. The second-order valence-electron chi connectivity index (χ2n) is 5.85. The number of likely N-dealkylation sites (tertiary alicyclic amines) is 1. The normalized spacial score (nSPS) is 25.1. The topological polar surface area (TPSA) is 32.7 Å². The van der Waals surface area contributed by atoms with Gasteiger partial charge in [0.15, 0.2) is 0 Å². The van der Waals surface area contributed by atoms with Gasteiger partial charge < -0.3 is 14.7 Å². The first-order chi connectivity index (χ1) is 8.96. The van der Waals surface area contributed by atoms with Gasteiger partial charge in [0, 0.05) is 12.1 Å². The molecule has 1 fully saturated rings. The Bertz CT molecular complexity index is 458. The van der Waals surface area contributed by atoms with Gasteiger partial charge in [0.2, 0.25) is 0 Å². The van der Waals surface area contributed by atoms with Crippen molar-refractivity contribution < 1.29 is 9.84 Å². The van der Waals surface area contributed by atoms with Crippen LogP contribution in [0.1, 0.15) is 36.0 Å². The highest BCUT2D eigenvalue weighted by Crippen LogP contribution is 2.40. The van der Waals surface area contributed by atoms with E-state index in [0.29, 0.717) is 0 Å². The molecule has 1 saturated heterocycles. The van der Waals surface area contributed by atoms with Gasteiger partial charge in [0.25, 0.3) is 0 Å². The molecule has 0 bridgehead atoms. The molecule has 0 radical (unpaired) electrons. The summed E-state index contributed by atoms with van der Waals surface area (Å²) in [5.41, 5.74) is 2.53. The highest BCUT2D eigenvalue weighted by atomic mass is 16.5. The van der Waals surface area contributed by atoms with Gasteiger partial charge in [-0.3, -0.25) is 0 Å². The lowest BCUT2D eigenvalue weighted by Crippen LogP contribution is -2.29. The molecule has 1 aliphatic heterocycles. The Morgan fingerprint density at radius 1 is 1.21 bits per heavy atom. The van der Waals surface area contributed by atoms with Gasteiger partial charge in [-0.05, 0) is 63.9 Å². The number of methoxy groups -OCH3 is 1. The van der Waals surface area contributed by atoms with E-state index in [-0.39, 0.29) is 0 Å². The molecule has 0 amide bonds. The number of rotatable bonds is 2. The predicted molar refractivity (Wildman–Crippen MR) is 77.7 cm³/mol. The molecule has 2 rings (SSSR count). The molecule has 106 valence electrons. The standard InChI is InChI=1S/C16H25NO2/c1-12-10-13(2)15(14(11-12)19-4)16(18)6-5-8-17(3)9-7-16/h10-11,18H,5-9H2,1-4H3. The lowest BCUT2D eigenvalue weighted by atomic mass is 9.83. The molecule has 3 nitrogen and oxygen atoms in total. The summed E-state index contributed by atoms with van der Waals surface area (Å²) in [6.07, 6.45) is 2.59. The number of aliphatic hydroxyl groups is 1. The van der Waals surface area contributed by atoms with Gasteiger partial charge in [0.05, 0.1) is 12.7 Å². The zero-order valence-electron chi connectivity index (χ0n) is 12.5. The summed E-state index contributed by atoms with van der Waals surface area (Å²) in [4.78, 5) is 2.29. The van der Waals surface area contributed by atoms with Crippen molar-refractivity contribution >= 4 is 0 Å². The van der Waals surface area contributed by atoms with E-state index < -0.39 is 5.60 Å². The molecule has 1 aromatic carbocycles. The van der Waals surface area contributed by atoms with Crippen molar-refractivity contribution in [2.75, 3.05) is 27.2 Å². The zero-order valence-corrected chi connectivity index (χ0v) is 12.5. The van der Waals surface area contributed by atoms with E-state index in [4.69, 9.17) is 4.74 Å². The molecule has 1 aliphatic rings. The van der Waals surface area contributed by atoms with Crippen molar-refractivity contribution in [3.8, 4) is 5.75 Å². The third-order valence-electron chi connectivity index (χ3n) is 4.17. The van der Waals surface area contributed by atoms with Crippen LogP contribution in [0.25, 0.3) is 0 Å². The largest absolute Gasteiger partial charge is 0.496 e. The minimum Gasteiger partial charge on any atom is -0.496 e. The number of benzene rings is 1. The van der Waals surface area contributed by atoms with E-state index in [1.54, 1.807) is 7.11 Å². The first-order valence-corrected chi connectivity index (χ1v) is 7.03. The van der Waals surface area contributed by atoms with Gasteiger partial charge >= 0.3 is 0 Å². The highest BCUT2D eigenvalue weighted by Gasteiger charge is 2.35. The number of hydrogen-bond acceptors (Lipinski definition) is 3. The van der Waals surface area contributed by atoms with Crippen molar-refractivity contribution in [3.05, 3.63) is 28.8 Å². The molecule has 0 aromatic heterocycles. The van der Waals surface area contributed by atoms with Crippen LogP contribution in [0.15, 0.2) is 12.1 Å². The Kier molecular flexibility index (Phi) is 4.16. The van der Waals surface area contributed by atoms with Gasteiger partial charge in [-0.1, -0.05) is 6.07 Å². The molecule has 1 unspecified atom stereocenters. The Morgan fingerprint density at radius 3 is 2.63 bits per heavy atom. The molecule has 19 heavy (non-hydrogen) atoms. The fraction of sp³-hybridized carbons (Fsp3) is 0.625. The van der Waals surface area contributed by atoms with Crippen molar-refractivity contribution in [3.63, 3.8) is 0 Å². The minimum absolute atomic E-state index is 0.756. The van der Waals surface area contributed by atoms with Crippen molar-refractivity contribution in [2.24, 2.45) is 0 Å². The van der Waals surface area contributed by atoms with E-state index >= 15 is 0 Å². The molecule has 1 atom stereocenters. The maximum absolute atomic E-state index is 11.1. The van der Waals surface area contributed by atoms with Crippen LogP contribution in [0, 0.1) is 13.8 Å². The molecule has 0 spiro atoms. The summed E-state index contributed by atoms with van der Waals surface area (Å²) in [5, 5.41) is 11.1. The summed E-state index contributed by atoms with van der Waals surface area (Å²) in [6.45, 7) is 6.10. The van der Waals surface area contributed by atoms with Crippen LogP contribution in [0.4, 0.5) is 0 Å². The summed E-state index contributed by atoms with van der Waals surface area (Å²) < 4.78 is 5.52. The lowest BCUT2D eigenvalue weighted by molar-refractivity contribution is 0.0190. The number of aryl methyl sites for hydroxylation is 2. The van der Waals surface area contributed by atoms with Crippen molar-refractivity contribution in [1.29, 1.82) is 0 Å². The molecular weight excluding hydrogens is 238 g/mol. The van der Waals surface area contributed by atoms with Gasteiger partial charge in [-0.25, -0.2) is 0 Å². The summed E-state index contributed by atoms with van der Waals surface area (Å²) in [7, 11) is 3.80. The van der Waals surface area contributed by atoms with Crippen LogP contribution >= 0.6 is 0 Å². The van der Waals surface area contributed by atoms with Gasteiger partial charge in [-0.2, -0.15) is 0 Å². The highest BCUT2D eigenvalue weighted by molar-refractivity contribution is 5.46. The minimum atomic E-state index is -0.756. The monoisotopic (exact) mass is 263 g/mol. The van der Waals surface area contributed by atoms with Crippen LogP contribution < -0.4 is 4.74 Å². The first kappa shape index (κ1) is 14.4. The van der Waals surface area contributed by atoms with E-state index in [1.165, 1.54) is 5.56 Å². The zero-order chi connectivity index (χ0) is 14.0. The quantitative estimate of drug-likeness (QED) is 0.890. The SMILES string of the molecule is COc1cc(C)cc(C)c1C1(O)CCCN(C)CC1. The molecule has 1 N–H and O–H groups in total. The van der Waals surface area contributed by atoms with Crippen LogP contribution in [-0.4, -0.2) is 37.3 Å². The molecular formula is C16H25NO2. The number of ether oxygens (including phenoxy) is 1. The second-order valence-corrected chi connectivity index (χ2v) is 5.85. The van der Waals surface area contributed by atoms with E-state index in [9.17, 15) is 5.11 Å². The smallest absolute Gasteiger partial charge is 0.125 e.